The molecule has 112 valence electrons. The fourth-order valence-electron chi connectivity index (χ4n) is 3.73. The lowest BCUT2D eigenvalue weighted by atomic mass is 9.82. The van der Waals surface area contributed by atoms with Crippen molar-refractivity contribution < 1.29 is 31.4 Å². The van der Waals surface area contributed by atoms with E-state index in [0.29, 0.717) is 12.3 Å². The van der Waals surface area contributed by atoms with Crippen LogP contribution in [-0.4, -0.2) is 23.6 Å². The second-order valence-corrected chi connectivity index (χ2v) is 5.80. The summed E-state index contributed by atoms with van der Waals surface area (Å²) in [5, 5.41) is 9.43. The van der Waals surface area contributed by atoms with Gasteiger partial charge in [0.2, 0.25) is 0 Å². The van der Waals surface area contributed by atoms with Crippen molar-refractivity contribution in [1.82, 2.24) is 0 Å². The topological polar surface area (TPSA) is 20.2 Å². The first-order valence-corrected chi connectivity index (χ1v) is 6.40. The molecule has 2 aliphatic carbocycles. The van der Waals surface area contributed by atoms with Gasteiger partial charge in [0.25, 0.3) is 0 Å². The number of halogens is 6. The lowest BCUT2D eigenvalue weighted by molar-refractivity contribution is -0.307. The van der Waals surface area contributed by atoms with Crippen molar-refractivity contribution >= 4 is 0 Å². The molecular formula is C12H16F6O. The first kappa shape index (κ1) is 14.9. The molecule has 1 N–H and O–H groups in total. The van der Waals surface area contributed by atoms with E-state index in [-0.39, 0.29) is 11.8 Å². The average molecular weight is 290 g/mol. The van der Waals surface area contributed by atoms with Gasteiger partial charge in [0.1, 0.15) is 0 Å². The first-order chi connectivity index (χ1) is 8.59. The summed E-state index contributed by atoms with van der Waals surface area (Å²) in [5.41, 5.74) is 0. The van der Waals surface area contributed by atoms with Gasteiger partial charge in [-0.3, -0.25) is 0 Å². The maximum atomic E-state index is 12.4. The van der Waals surface area contributed by atoms with Gasteiger partial charge in [-0.25, -0.2) is 0 Å². The number of aliphatic hydroxyl groups is 1. The van der Waals surface area contributed by atoms with Crippen molar-refractivity contribution in [2.45, 2.75) is 50.6 Å². The maximum Gasteiger partial charge on any atom is 0.403 e. The Kier molecular flexibility index (Phi) is 3.79. The van der Waals surface area contributed by atoms with Crippen LogP contribution in [0.5, 0.6) is 0 Å². The zero-order chi connectivity index (χ0) is 14.4. The Morgan fingerprint density at radius 2 is 1.53 bits per heavy atom. The van der Waals surface area contributed by atoms with Crippen LogP contribution in [0.4, 0.5) is 26.3 Å². The van der Waals surface area contributed by atoms with Crippen molar-refractivity contribution in [2.24, 2.45) is 23.7 Å². The normalized spacial score (nSPS) is 33.2. The Labute approximate surface area is 107 Å². The van der Waals surface area contributed by atoms with Crippen LogP contribution in [-0.2, 0) is 0 Å². The molecule has 2 saturated carbocycles. The Bertz CT molecular complexity index is 309. The lowest BCUT2D eigenvalue weighted by Gasteiger charge is -2.31. The highest BCUT2D eigenvalue weighted by atomic mass is 19.4. The van der Waals surface area contributed by atoms with Crippen LogP contribution in [0, 0.1) is 23.7 Å². The van der Waals surface area contributed by atoms with Gasteiger partial charge in [-0.2, -0.15) is 26.3 Å². The van der Waals surface area contributed by atoms with Gasteiger partial charge in [0.15, 0.2) is 5.92 Å². The summed E-state index contributed by atoms with van der Waals surface area (Å²) >= 11 is 0. The molecule has 0 spiro atoms. The van der Waals surface area contributed by atoms with Crippen molar-refractivity contribution in [3.8, 4) is 0 Å². The summed E-state index contributed by atoms with van der Waals surface area (Å²) in [7, 11) is 0. The van der Waals surface area contributed by atoms with Crippen LogP contribution in [0.3, 0.4) is 0 Å². The van der Waals surface area contributed by atoms with E-state index in [4.69, 9.17) is 0 Å². The molecule has 4 atom stereocenters. The van der Waals surface area contributed by atoms with Crippen molar-refractivity contribution in [2.75, 3.05) is 0 Å². The van der Waals surface area contributed by atoms with E-state index in [1.54, 1.807) is 0 Å². The van der Waals surface area contributed by atoms with Gasteiger partial charge in [-0.15, -0.1) is 0 Å². The summed E-state index contributed by atoms with van der Waals surface area (Å²) in [6.45, 7) is 0. The number of hydrogen-bond donors (Lipinski definition) is 1. The minimum atomic E-state index is -5.45. The van der Waals surface area contributed by atoms with E-state index in [1.165, 1.54) is 0 Å². The van der Waals surface area contributed by atoms with Crippen LogP contribution < -0.4 is 0 Å². The molecule has 0 aromatic carbocycles. The van der Waals surface area contributed by atoms with Gasteiger partial charge in [0.05, 0.1) is 6.10 Å². The molecule has 0 saturated heterocycles. The van der Waals surface area contributed by atoms with E-state index in [9.17, 15) is 31.4 Å². The third kappa shape index (κ3) is 3.17. The molecule has 0 aliphatic heterocycles. The summed E-state index contributed by atoms with van der Waals surface area (Å²) in [6.07, 6.45) is -10.3. The lowest BCUT2D eigenvalue weighted by Crippen LogP contribution is -2.45. The number of aliphatic hydroxyl groups excluding tert-OH is 1. The Hall–Kier alpha value is -0.460. The van der Waals surface area contributed by atoms with E-state index in [0.717, 1.165) is 19.3 Å². The zero-order valence-electron chi connectivity index (χ0n) is 10.1. The largest absolute Gasteiger partial charge is 0.403 e. The predicted molar refractivity (Wildman–Crippen MR) is 55.2 cm³/mol. The number of hydrogen-bond acceptors (Lipinski definition) is 1. The van der Waals surface area contributed by atoms with E-state index >= 15 is 0 Å². The predicted octanol–water partition coefficient (Wildman–Crippen LogP) is 3.91. The van der Waals surface area contributed by atoms with Crippen molar-refractivity contribution in [3.05, 3.63) is 0 Å². The number of alkyl halides is 6. The summed E-state index contributed by atoms with van der Waals surface area (Å²) in [5.74, 6) is -3.20. The van der Waals surface area contributed by atoms with E-state index < -0.39 is 30.8 Å². The van der Waals surface area contributed by atoms with Gasteiger partial charge < -0.3 is 5.11 Å². The minimum absolute atomic E-state index is 0.194. The molecule has 0 heterocycles. The molecule has 2 aliphatic rings. The Morgan fingerprint density at radius 1 is 0.947 bits per heavy atom. The highest BCUT2D eigenvalue weighted by molar-refractivity contribution is 4.93. The maximum absolute atomic E-state index is 12.4. The zero-order valence-corrected chi connectivity index (χ0v) is 10.1. The van der Waals surface area contributed by atoms with E-state index in [2.05, 4.69) is 0 Å². The number of rotatable bonds is 3. The van der Waals surface area contributed by atoms with Crippen molar-refractivity contribution in [1.29, 1.82) is 0 Å². The SMILES string of the molecule is OC(CC1CC2CCC1C2)C(C(F)(F)F)C(F)(F)F. The molecule has 4 unspecified atom stereocenters. The van der Waals surface area contributed by atoms with Crippen LogP contribution in [0.1, 0.15) is 32.1 Å². The van der Waals surface area contributed by atoms with Gasteiger partial charge >= 0.3 is 12.4 Å². The van der Waals surface area contributed by atoms with Crippen LogP contribution in [0.25, 0.3) is 0 Å². The standard InChI is InChI=1S/C12H16F6O/c13-11(14,15)10(12(16,17)18)9(19)5-8-4-6-1-2-7(8)3-6/h6-10,19H,1-5H2. The smallest absolute Gasteiger partial charge is 0.392 e. The highest BCUT2D eigenvalue weighted by Crippen LogP contribution is 2.51. The van der Waals surface area contributed by atoms with Crippen LogP contribution in [0.15, 0.2) is 0 Å². The minimum Gasteiger partial charge on any atom is -0.392 e. The molecule has 0 aromatic rings. The Balaban J connectivity index is 2.02. The van der Waals surface area contributed by atoms with Crippen molar-refractivity contribution in [3.63, 3.8) is 0 Å². The molecule has 0 amide bonds. The van der Waals surface area contributed by atoms with Gasteiger partial charge in [0, 0.05) is 0 Å². The molecule has 0 radical (unpaired) electrons. The summed E-state index contributed by atoms with van der Waals surface area (Å²) in [4.78, 5) is 0. The molecule has 2 fully saturated rings. The highest BCUT2D eigenvalue weighted by Gasteiger charge is 2.60. The summed E-state index contributed by atoms with van der Waals surface area (Å²) < 4.78 is 74.7. The fraction of sp³-hybridized carbons (Fsp3) is 1.00. The quantitative estimate of drug-likeness (QED) is 0.781. The molecule has 19 heavy (non-hydrogen) atoms. The van der Waals surface area contributed by atoms with Crippen LogP contribution in [0.2, 0.25) is 0 Å². The number of fused-ring (bicyclic) bond motifs is 2. The first-order valence-electron chi connectivity index (χ1n) is 6.40. The second-order valence-electron chi connectivity index (χ2n) is 5.80. The molecule has 0 aromatic heterocycles. The van der Waals surface area contributed by atoms with Crippen LogP contribution >= 0.6 is 0 Å². The third-order valence-corrected chi connectivity index (χ3v) is 4.52. The molecular weight excluding hydrogens is 274 g/mol. The molecule has 2 rings (SSSR count). The average Bonchev–Trinajstić information content (AvgIpc) is 2.72. The van der Waals surface area contributed by atoms with E-state index in [1.807, 2.05) is 0 Å². The monoisotopic (exact) mass is 290 g/mol. The van der Waals surface area contributed by atoms with Gasteiger partial charge in [-0.1, -0.05) is 6.42 Å². The fourth-order valence-corrected chi connectivity index (χ4v) is 3.73. The second kappa shape index (κ2) is 4.82. The summed E-state index contributed by atoms with van der Waals surface area (Å²) in [6, 6.07) is 0. The molecule has 7 heteroatoms. The van der Waals surface area contributed by atoms with Gasteiger partial charge in [-0.05, 0) is 43.4 Å². The Morgan fingerprint density at radius 3 is 1.89 bits per heavy atom. The molecule has 1 nitrogen and oxygen atoms in total. The third-order valence-electron chi connectivity index (χ3n) is 4.52. The molecule has 2 bridgehead atoms.